The van der Waals surface area contributed by atoms with Crippen molar-refractivity contribution < 1.29 is 14.3 Å². The molecule has 7 heteroatoms. The zero-order valence-electron chi connectivity index (χ0n) is 13.8. The fraction of sp³-hybridized carbons (Fsp3) is 0.500. The summed E-state index contributed by atoms with van der Waals surface area (Å²) in [5.41, 5.74) is 0.815. The molecule has 6 nitrogen and oxygen atoms in total. The second kappa shape index (κ2) is 7.19. The summed E-state index contributed by atoms with van der Waals surface area (Å²) in [5, 5.41) is 3.26. The largest absolute Gasteiger partial charge is 0.372 e. The van der Waals surface area contributed by atoms with Crippen molar-refractivity contribution in [3.8, 4) is 0 Å². The normalized spacial score (nSPS) is 21.0. The summed E-state index contributed by atoms with van der Waals surface area (Å²) < 4.78 is 5.63. The highest BCUT2D eigenvalue weighted by atomic mass is 35.5. The number of nitrogens with one attached hydrogen (secondary N) is 1. The summed E-state index contributed by atoms with van der Waals surface area (Å²) in [4.78, 5) is 27.9. The molecule has 1 N–H and O–H groups in total. The highest BCUT2D eigenvalue weighted by Crippen LogP contribution is 2.23. The average molecular weight is 340 g/mol. The molecule has 1 aliphatic heterocycles. The predicted octanol–water partition coefficient (Wildman–Crippen LogP) is 2.68. The Morgan fingerprint density at radius 1 is 1.26 bits per heavy atom. The van der Waals surface area contributed by atoms with Gasteiger partial charge in [0.2, 0.25) is 0 Å². The van der Waals surface area contributed by atoms with Crippen LogP contribution in [0.25, 0.3) is 0 Å². The minimum Gasteiger partial charge on any atom is -0.372 e. The molecule has 1 aromatic carbocycles. The summed E-state index contributed by atoms with van der Waals surface area (Å²) in [7, 11) is 3.32. The molecular formula is C16H22ClN3O3. The molecule has 0 aromatic heterocycles. The second-order valence-corrected chi connectivity index (χ2v) is 6.42. The lowest BCUT2D eigenvalue weighted by Gasteiger charge is -2.35. The molecule has 0 saturated carbocycles. The van der Waals surface area contributed by atoms with E-state index in [0.717, 1.165) is 0 Å². The monoisotopic (exact) mass is 339 g/mol. The van der Waals surface area contributed by atoms with E-state index in [1.165, 1.54) is 4.90 Å². The molecule has 3 amide bonds. The van der Waals surface area contributed by atoms with Gasteiger partial charge in [-0.25, -0.2) is 4.79 Å². The van der Waals surface area contributed by atoms with Gasteiger partial charge in [0.05, 0.1) is 23.5 Å². The van der Waals surface area contributed by atoms with Crippen LogP contribution in [0.3, 0.4) is 0 Å². The molecule has 2 atom stereocenters. The Morgan fingerprint density at radius 3 is 2.43 bits per heavy atom. The van der Waals surface area contributed by atoms with Crippen molar-refractivity contribution >= 4 is 29.2 Å². The Morgan fingerprint density at radius 2 is 1.87 bits per heavy atom. The van der Waals surface area contributed by atoms with Gasteiger partial charge in [0.15, 0.2) is 0 Å². The Kier molecular flexibility index (Phi) is 5.49. The van der Waals surface area contributed by atoms with Crippen molar-refractivity contribution in [1.29, 1.82) is 0 Å². The summed E-state index contributed by atoms with van der Waals surface area (Å²) in [5.74, 6) is -0.194. The van der Waals surface area contributed by atoms with Gasteiger partial charge in [-0.15, -0.1) is 0 Å². The highest BCUT2D eigenvalue weighted by molar-refractivity contribution is 6.31. The summed E-state index contributed by atoms with van der Waals surface area (Å²) >= 11 is 6.01. The minimum atomic E-state index is -0.262. The number of morpholine rings is 1. The number of amides is 3. The van der Waals surface area contributed by atoms with Gasteiger partial charge in [-0.05, 0) is 32.0 Å². The molecule has 0 radical (unpaired) electrons. The molecule has 0 bridgehead atoms. The number of carbonyl (C=O) groups is 2. The topological polar surface area (TPSA) is 61.9 Å². The Hall–Kier alpha value is -1.79. The third-order valence-electron chi connectivity index (χ3n) is 3.57. The van der Waals surface area contributed by atoms with Crippen molar-refractivity contribution in [2.75, 3.05) is 32.5 Å². The van der Waals surface area contributed by atoms with E-state index in [9.17, 15) is 9.59 Å². The Bertz CT molecular complexity index is 596. The van der Waals surface area contributed by atoms with Gasteiger partial charge in [0, 0.05) is 32.2 Å². The molecule has 0 spiro atoms. The van der Waals surface area contributed by atoms with Crippen LogP contribution in [0.15, 0.2) is 18.2 Å². The Labute approximate surface area is 141 Å². The van der Waals surface area contributed by atoms with E-state index in [0.29, 0.717) is 29.4 Å². The highest BCUT2D eigenvalue weighted by Gasteiger charge is 2.26. The third-order valence-corrected chi connectivity index (χ3v) is 3.80. The molecule has 1 saturated heterocycles. The first kappa shape index (κ1) is 17.6. The number of urea groups is 1. The number of nitrogens with zero attached hydrogens (tertiary/aromatic N) is 2. The zero-order valence-corrected chi connectivity index (χ0v) is 14.6. The van der Waals surface area contributed by atoms with E-state index >= 15 is 0 Å². The first-order valence-electron chi connectivity index (χ1n) is 7.50. The standard InChI is InChI=1S/C16H22ClN3O3/c1-10-8-20(9-11(2)23-10)16(22)18-14-7-12(17)5-6-13(14)15(21)19(3)4/h5-7,10-11H,8-9H2,1-4H3,(H,18,22)/t10-,11+. The van der Waals surface area contributed by atoms with Crippen molar-refractivity contribution in [3.63, 3.8) is 0 Å². The molecule has 0 aliphatic carbocycles. The number of halogens is 1. The van der Waals surface area contributed by atoms with Crippen LogP contribution in [0.5, 0.6) is 0 Å². The lowest BCUT2D eigenvalue weighted by molar-refractivity contribution is -0.0530. The summed E-state index contributed by atoms with van der Waals surface area (Å²) in [6, 6.07) is 4.57. The molecule has 1 aromatic rings. The number of anilines is 1. The van der Waals surface area contributed by atoms with Crippen LogP contribution in [-0.4, -0.2) is 61.1 Å². The van der Waals surface area contributed by atoms with Crippen molar-refractivity contribution in [1.82, 2.24) is 9.80 Å². The van der Waals surface area contributed by atoms with Gasteiger partial charge in [0.1, 0.15) is 0 Å². The van der Waals surface area contributed by atoms with E-state index in [1.807, 2.05) is 13.8 Å². The maximum Gasteiger partial charge on any atom is 0.322 e. The summed E-state index contributed by atoms with van der Waals surface area (Å²) in [6.45, 7) is 4.87. The van der Waals surface area contributed by atoms with Gasteiger partial charge in [0.25, 0.3) is 5.91 Å². The van der Waals surface area contributed by atoms with Gasteiger partial charge < -0.3 is 19.9 Å². The molecule has 1 heterocycles. The SMILES string of the molecule is C[C@@H]1CN(C(=O)Nc2cc(Cl)ccc2C(=O)N(C)C)C[C@H](C)O1. The van der Waals surface area contributed by atoms with Crippen LogP contribution in [0.1, 0.15) is 24.2 Å². The molecule has 1 fully saturated rings. The van der Waals surface area contributed by atoms with E-state index < -0.39 is 0 Å². The maximum atomic E-state index is 12.5. The summed E-state index contributed by atoms with van der Waals surface area (Å²) in [6.07, 6.45) is -0.0431. The number of benzene rings is 1. The van der Waals surface area contributed by atoms with Gasteiger partial charge in [-0.3, -0.25) is 4.79 Å². The average Bonchev–Trinajstić information content (AvgIpc) is 2.45. The Balaban J connectivity index is 2.20. The van der Waals surface area contributed by atoms with Gasteiger partial charge in [-0.2, -0.15) is 0 Å². The van der Waals surface area contributed by atoms with Crippen molar-refractivity contribution in [3.05, 3.63) is 28.8 Å². The number of hydrogen-bond acceptors (Lipinski definition) is 3. The molecule has 126 valence electrons. The van der Waals surface area contributed by atoms with E-state index in [2.05, 4.69) is 5.32 Å². The lowest BCUT2D eigenvalue weighted by atomic mass is 10.1. The molecule has 1 aliphatic rings. The van der Waals surface area contributed by atoms with Crippen LogP contribution in [0.2, 0.25) is 5.02 Å². The van der Waals surface area contributed by atoms with Crippen LogP contribution in [-0.2, 0) is 4.74 Å². The van der Waals surface area contributed by atoms with Crippen molar-refractivity contribution in [2.24, 2.45) is 0 Å². The molecule has 23 heavy (non-hydrogen) atoms. The van der Waals surface area contributed by atoms with E-state index in [1.54, 1.807) is 37.2 Å². The lowest BCUT2D eigenvalue weighted by Crippen LogP contribution is -2.49. The smallest absolute Gasteiger partial charge is 0.322 e. The number of hydrogen-bond donors (Lipinski definition) is 1. The van der Waals surface area contributed by atoms with E-state index in [4.69, 9.17) is 16.3 Å². The van der Waals surface area contributed by atoms with Crippen molar-refractivity contribution in [2.45, 2.75) is 26.1 Å². The van der Waals surface area contributed by atoms with E-state index in [-0.39, 0.29) is 24.1 Å². The molecule has 2 rings (SSSR count). The number of rotatable bonds is 2. The van der Waals surface area contributed by atoms with Crippen LogP contribution in [0.4, 0.5) is 10.5 Å². The fourth-order valence-electron chi connectivity index (χ4n) is 2.59. The fourth-order valence-corrected chi connectivity index (χ4v) is 2.76. The maximum absolute atomic E-state index is 12.5. The van der Waals surface area contributed by atoms with Gasteiger partial charge >= 0.3 is 6.03 Å². The molecule has 0 unspecified atom stereocenters. The third kappa shape index (κ3) is 4.36. The number of ether oxygens (including phenoxy) is 1. The van der Waals surface area contributed by atoms with Crippen LogP contribution in [0, 0.1) is 0 Å². The first-order chi connectivity index (χ1) is 10.8. The first-order valence-corrected chi connectivity index (χ1v) is 7.88. The van der Waals surface area contributed by atoms with Crippen LogP contribution >= 0.6 is 11.6 Å². The van der Waals surface area contributed by atoms with Gasteiger partial charge in [-0.1, -0.05) is 11.6 Å². The number of carbonyl (C=O) groups excluding carboxylic acids is 2. The second-order valence-electron chi connectivity index (χ2n) is 5.98. The minimum absolute atomic E-state index is 0.0215. The quantitative estimate of drug-likeness (QED) is 0.901. The zero-order chi connectivity index (χ0) is 17.1. The van der Waals surface area contributed by atoms with Crippen LogP contribution < -0.4 is 5.32 Å². The predicted molar refractivity (Wildman–Crippen MR) is 90.1 cm³/mol. The molecular weight excluding hydrogens is 318 g/mol.